The van der Waals surface area contributed by atoms with Crippen LogP contribution in [-0.2, 0) is 11.9 Å². The molecule has 0 aliphatic carbocycles. The maximum atomic E-state index is 12.8. The van der Waals surface area contributed by atoms with Crippen LogP contribution < -0.4 is 0 Å². The second kappa shape index (κ2) is 5.52. The van der Waals surface area contributed by atoms with E-state index in [1.807, 2.05) is 26.0 Å². The van der Waals surface area contributed by atoms with Gasteiger partial charge in [0, 0.05) is 23.6 Å². The van der Waals surface area contributed by atoms with Gasteiger partial charge in [0.2, 0.25) is 0 Å². The highest BCUT2D eigenvalue weighted by atomic mass is 32.1. The Kier molecular flexibility index (Phi) is 4.13. The molecule has 2 aromatic rings. The van der Waals surface area contributed by atoms with Gasteiger partial charge in [0.25, 0.3) is 0 Å². The van der Waals surface area contributed by atoms with E-state index in [2.05, 4.69) is 17.6 Å². The number of rotatable bonds is 3. The third-order valence-corrected chi connectivity index (χ3v) is 3.34. The lowest BCUT2D eigenvalue weighted by molar-refractivity contribution is -0.140. The molecular weight excluding hydrogens is 285 g/mol. The first-order valence-electron chi connectivity index (χ1n) is 6.19. The third kappa shape index (κ3) is 3.00. The average Bonchev–Trinajstić information content (AvgIpc) is 2.84. The van der Waals surface area contributed by atoms with Gasteiger partial charge in [-0.25, -0.2) is 4.98 Å². The minimum absolute atomic E-state index is 0.0989. The average molecular weight is 300 g/mol. The molecule has 6 heteroatoms. The van der Waals surface area contributed by atoms with Gasteiger partial charge in [-0.15, -0.1) is 0 Å². The minimum Gasteiger partial charge on any atom is -0.328 e. The fourth-order valence-corrected chi connectivity index (χ4v) is 2.11. The number of nitrogens with zero attached hydrogens (tertiary/aromatic N) is 2. The third-order valence-electron chi connectivity index (χ3n) is 2.97. The summed E-state index contributed by atoms with van der Waals surface area (Å²) in [6.07, 6.45) is -3.37. The smallest absolute Gasteiger partial charge is 0.328 e. The van der Waals surface area contributed by atoms with E-state index in [-0.39, 0.29) is 6.04 Å². The molecule has 1 aromatic carbocycles. The highest BCUT2D eigenvalue weighted by Gasteiger charge is 2.35. The van der Waals surface area contributed by atoms with Crippen molar-refractivity contribution in [1.29, 1.82) is 0 Å². The molecule has 1 heterocycles. The first kappa shape index (κ1) is 15.0. The lowest BCUT2D eigenvalue weighted by Crippen LogP contribution is -2.05. The summed E-state index contributed by atoms with van der Waals surface area (Å²) in [5.41, 5.74) is 0.815. The topological polar surface area (TPSA) is 17.8 Å². The van der Waals surface area contributed by atoms with Crippen LogP contribution in [0, 0.1) is 0 Å². The zero-order valence-electron chi connectivity index (χ0n) is 11.1. The predicted octanol–water partition coefficient (Wildman–Crippen LogP) is 4.58. The van der Waals surface area contributed by atoms with Crippen molar-refractivity contribution in [2.75, 3.05) is 0 Å². The van der Waals surface area contributed by atoms with Crippen molar-refractivity contribution in [3.63, 3.8) is 0 Å². The van der Waals surface area contributed by atoms with Crippen LogP contribution in [0.2, 0.25) is 0 Å². The van der Waals surface area contributed by atoms with E-state index in [0.717, 1.165) is 11.8 Å². The molecule has 20 heavy (non-hydrogen) atoms. The molecule has 0 atom stereocenters. The minimum atomic E-state index is -4.43. The molecule has 0 aliphatic rings. The lowest BCUT2D eigenvalue weighted by Gasteiger charge is -2.11. The summed E-state index contributed by atoms with van der Waals surface area (Å²) in [4.78, 5) is 3.75. The second-order valence-corrected chi connectivity index (χ2v) is 5.12. The van der Waals surface area contributed by atoms with Gasteiger partial charge in [-0.1, -0.05) is 24.3 Å². The fraction of sp³-hybridized carbons (Fsp3) is 0.357. The zero-order valence-corrected chi connectivity index (χ0v) is 12.0. The first-order valence-corrected chi connectivity index (χ1v) is 6.82. The number of halogens is 3. The summed E-state index contributed by atoms with van der Waals surface area (Å²) in [6, 6.07) is 7.13. The van der Waals surface area contributed by atoms with Crippen LogP contribution in [0.3, 0.4) is 0 Å². The van der Waals surface area contributed by atoms with E-state index in [1.54, 1.807) is 16.7 Å². The molecule has 0 unspecified atom stereocenters. The highest BCUT2D eigenvalue weighted by Crippen LogP contribution is 2.32. The van der Waals surface area contributed by atoms with Crippen molar-refractivity contribution in [3.05, 3.63) is 41.7 Å². The Hall–Kier alpha value is -1.43. The number of hydrogen-bond donors (Lipinski definition) is 1. The van der Waals surface area contributed by atoms with Crippen LogP contribution in [0.1, 0.15) is 31.1 Å². The van der Waals surface area contributed by atoms with Crippen molar-refractivity contribution in [1.82, 2.24) is 9.55 Å². The van der Waals surface area contributed by atoms with Crippen LogP contribution >= 0.6 is 12.6 Å². The van der Waals surface area contributed by atoms with E-state index < -0.39 is 11.9 Å². The molecule has 0 amide bonds. The maximum Gasteiger partial charge on any atom is 0.434 e. The number of thiol groups is 1. The molecule has 1 aromatic heterocycles. The van der Waals surface area contributed by atoms with Crippen molar-refractivity contribution >= 4 is 12.6 Å². The van der Waals surface area contributed by atoms with Gasteiger partial charge in [0.15, 0.2) is 5.69 Å². The summed E-state index contributed by atoms with van der Waals surface area (Å²) in [5, 5.41) is 0. The standard InChI is InChI=1S/C14H15F3N2S/c1-9(2)19-7-12(14(15,16)17)18-13(19)11-5-3-10(8-20)4-6-11/h3-7,9,20H,8H2,1-2H3. The molecule has 0 N–H and O–H groups in total. The van der Waals surface area contributed by atoms with Gasteiger partial charge in [0.05, 0.1) is 0 Å². The number of alkyl halides is 3. The van der Waals surface area contributed by atoms with Crippen LogP contribution in [0.4, 0.5) is 13.2 Å². The van der Waals surface area contributed by atoms with Crippen LogP contribution in [0.15, 0.2) is 30.5 Å². The van der Waals surface area contributed by atoms with Gasteiger partial charge in [-0.3, -0.25) is 0 Å². The fourth-order valence-electron chi connectivity index (χ4n) is 1.90. The van der Waals surface area contributed by atoms with E-state index in [0.29, 0.717) is 17.1 Å². The van der Waals surface area contributed by atoms with E-state index in [9.17, 15) is 13.2 Å². The molecule has 0 spiro atoms. The van der Waals surface area contributed by atoms with E-state index in [1.165, 1.54) is 0 Å². The lowest BCUT2D eigenvalue weighted by atomic mass is 10.1. The van der Waals surface area contributed by atoms with Gasteiger partial charge in [-0.2, -0.15) is 25.8 Å². The summed E-state index contributed by atoms with van der Waals surface area (Å²) >= 11 is 4.16. The van der Waals surface area contributed by atoms with Gasteiger partial charge >= 0.3 is 6.18 Å². The molecule has 0 bridgehead atoms. The first-order chi connectivity index (χ1) is 9.32. The Morgan fingerprint density at radius 1 is 1.20 bits per heavy atom. The van der Waals surface area contributed by atoms with Crippen molar-refractivity contribution in [2.24, 2.45) is 0 Å². The zero-order chi connectivity index (χ0) is 14.9. The number of imidazole rings is 1. The van der Waals surface area contributed by atoms with Crippen LogP contribution in [-0.4, -0.2) is 9.55 Å². The van der Waals surface area contributed by atoms with Crippen molar-refractivity contribution in [2.45, 2.75) is 31.8 Å². The highest BCUT2D eigenvalue weighted by molar-refractivity contribution is 7.79. The summed E-state index contributed by atoms with van der Waals surface area (Å²) in [5.74, 6) is 0.922. The Bertz CT molecular complexity index is 585. The van der Waals surface area contributed by atoms with Crippen molar-refractivity contribution < 1.29 is 13.2 Å². The van der Waals surface area contributed by atoms with Gasteiger partial charge in [0.1, 0.15) is 5.82 Å². The SMILES string of the molecule is CC(C)n1cc(C(F)(F)F)nc1-c1ccc(CS)cc1. The molecule has 108 valence electrons. The quantitative estimate of drug-likeness (QED) is 0.821. The van der Waals surface area contributed by atoms with Gasteiger partial charge in [-0.05, 0) is 19.4 Å². The normalized spacial score (nSPS) is 12.2. The molecule has 2 rings (SSSR count). The van der Waals surface area contributed by atoms with Crippen LogP contribution in [0.5, 0.6) is 0 Å². The Labute approximate surface area is 121 Å². The van der Waals surface area contributed by atoms with E-state index >= 15 is 0 Å². The number of aromatic nitrogens is 2. The summed E-state index contributed by atoms with van der Waals surface area (Å²) in [6.45, 7) is 3.65. The molecule has 0 aliphatic heterocycles. The Balaban J connectivity index is 2.50. The second-order valence-electron chi connectivity index (χ2n) is 4.80. The maximum absolute atomic E-state index is 12.8. The molecule has 0 radical (unpaired) electrons. The predicted molar refractivity (Wildman–Crippen MR) is 75.7 cm³/mol. The van der Waals surface area contributed by atoms with Crippen LogP contribution in [0.25, 0.3) is 11.4 Å². The molecule has 2 nitrogen and oxygen atoms in total. The van der Waals surface area contributed by atoms with Crippen molar-refractivity contribution in [3.8, 4) is 11.4 Å². The van der Waals surface area contributed by atoms with E-state index in [4.69, 9.17) is 0 Å². The Morgan fingerprint density at radius 3 is 2.25 bits per heavy atom. The summed E-state index contributed by atoms with van der Waals surface area (Å²) in [7, 11) is 0. The Morgan fingerprint density at radius 2 is 1.80 bits per heavy atom. The van der Waals surface area contributed by atoms with Gasteiger partial charge < -0.3 is 4.57 Å². The number of hydrogen-bond acceptors (Lipinski definition) is 2. The molecule has 0 fully saturated rings. The largest absolute Gasteiger partial charge is 0.434 e. The molecular formula is C14H15F3N2S. The summed E-state index contributed by atoms with van der Waals surface area (Å²) < 4.78 is 39.9. The number of benzene rings is 1. The molecule has 0 saturated heterocycles. The molecule has 0 saturated carbocycles. The monoisotopic (exact) mass is 300 g/mol.